The summed E-state index contributed by atoms with van der Waals surface area (Å²) in [5, 5.41) is 2.23. The summed E-state index contributed by atoms with van der Waals surface area (Å²) in [6, 6.07) is 28.6. The van der Waals surface area contributed by atoms with Gasteiger partial charge in [0.15, 0.2) is 5.78 Å². The van der Waals surface area contributed by atoms with E-state index in [0.717, 1.165) is 21.9 Å². The number of halogens is 3. The van der Waals surface area contributed by atoms with E-state index in [1.807, 2.05) is 54.6 Å². The molecule has 0 aliphatic rings. The van der Waals surface area contributed by atoms with Crippen LogP contribution in [0.2, 0.25) is 0 Å². The minimum absolute atomic E-state index is 0.177. The zero-order valence-corrected chi connectivity index (χ0v) is 17.0. The maximum Gasteiger partial charge on any atom is 0.216 e. The first-order valence-electron chi connectivity index (χ1n) is 8.74. The average molecular weight is 426 g/mol. The lowest BCUT2D eigenvalue weighted by molar-refractivity contribution is 0.103. The van der Waals surface area contributed by atoms with E-state index in [2.05, 4.69) is 18.2 Å². The third kappa shape index (κ3) is 3.66. The highest BCUT2D eigenvalue weighted by molar-refractivity contribution is 6.67. The van der Waals surface area contributed by atoms with Crippen LogP contribution in [0.15, 0.2) is 91.0 Å². The maximum atomic E-state index is 13.2. The number of alkyl halides is 3. The lowest BCUT2D eigenvalue weighted by Crippen LogP contribution is -2.11. The molecule has 0 spiro atoms. The maximum absolute atomic E-state index is 13.2. The van der Waals surface area contributed by atoms with Gasteiger partial charge in [-0.05, 0) is 28.0 Å². The van der Waals surface area contributed by atoms with Crippen molar-refractivity contribution in [2.24, 2.45) is 0 Å². The van der Waals surface area contributed by atoms with Gasteiger partial charge in [0.25, 0.3) is 0 Å². The Kier molecular flexibility index (Phi) is 5.16. The van der Waals surface area contributed by atoms with Crippen molar-refractivity contribution in [1.82, 2.24) is 0 Å². The van der Waals surface area contributed by atoms with Crippen LogP contribution in [0.4, 0.5) is 0 Å². The number of hydrogen-bond acceptors (Lipinski definition) is 1. The summed E-state index contributed by atoms with van der Waals surface area (Å²) in [6.45, 7) is 0. The molecule has 0 saturated carbocycles. The Labute approximate surface area is 178 Å². The second-order valence-corrected chi connectivity index (χ2v) is 8.76. The molecule has 0 bridgehead atoms. The van der Waals surface area contributed by atoms with Crippen molar-refractivity contribution in [1.29, 1.82) is 0 Å². The predicted molar refractivity (Wildman–Crippen MR) is 118 cm³/mol. The number of carbonyl (C=O) groups excluding carboxylic acids is 1. The van der Waals surface area contributed by atoms with E-state index < -0.39 is 3.79 Å². The largest absolute Gasteiger partial charge is 0.289 e. The number of ketones is 1. The minimum atomic E-state index is -1.70. The Hall–Kier alpha value is -2.32. The van der Waals surface area contributed by atoms with Gasteiger partial charge in [-0.1, -0.05) is 120 Å². The van der Waals surface area contributed by atoms with Crippen LogP contribution < -0.4 is 0 Å². The molecular formula is C24H15Cl3O. The van der Waals surface area contributed by atoms with Gasteiger partial charge in [-0.3, -0.25) is 4.79 Å². The Morgan fingerprint density at radius 1 is 0.714 bits per heavy atom. The van der Waals surface area contributed by atoms with Crippen LogP contribution in [-0.2, 0) is 3.79 Å². The lowest BCUT2D eigenvalue weighted by atomic mass is 9.92. The van der Waals surface area contributed by atoms with E-state index >= 15 is 0 Å². The van der Waals surface area contributed by atoms with Gasteiger partial charge in [-0.15, -0.1) is 0 Å². The number of benzene rings is 4. The van der Waals surface area contributed by atoms with Gasteiger partial charge in [0.05, 0.1) is 0 Å². The van der Waals surface area contributed by atoms with Crippen molar-refractivity contribution in [2.75, 3.05) is 0 Å². The van der Waals surface area contributed by atoms with Gasteiger partial charge in [-0.2, -0.15) is 0 Å². The van der Waals surface area contributed by atoms with Gasteiger partial charge in [0.2, 0.25) is 3.79 Å². The highest BCUT2D eigenvalue weighted by Gasteiger charge is 2.29. The summed E-state index contributed by atoms with van der Waals surface area (Å²) >= 11 is 18.5. The third-order valence-electron chi connectivity index (χ3n) is 4.71. The number of hydrogen-bond donors (Lipinski definition) is 0. The Morgan fingerprint density at radius 2 is 1.39 bits per heavy atom. The molecule has 1 nitrogen and oxygen atoms in total. The highest BCUT2D eigenvalue weighted by atomic mass is 35.6. The van der Waals surface area contributed by atoms with E-state index in [9.17, 15) is 4.79 Å². The molecule has 0 N–H and O–H groups in total. The van der Waals surface area contributed by atoms with Crippen LogP contribution in [-0.4, -0.2) is 5.78 Å². The molecule has 4 aromatic carbocycles. The van der Waals surface area contributed by atoms with Gasteiger partial charge >= 0.3 is 0 Å². The Bertz CT molecular complexity index is 1160. The molecule has 0 aromatic heterocycles. The first-order chi connectivity index (χ1) is 13.4. The third-order valence-corrected chi connectivity index (χ3v) is 5.32. The summed E-state index contributed by atoms with van der Waals surface area (Å²) in [4.78, 5) is 13.2. The van der Waals surface area contributed by atoms with Crippen LogP contribution >= 0.6 is 34.8 Å². The molecule has 138 valence electrons. The summed E-state index contributed by atoms with van der Waals surface area (Å²) in [6.07, 6.45) is 0. The molecule has 0 fully saturated rings. The van der Waals surface area contributed by atoms with Crippen LogP contribution in [0.25, 0.3) is 21.9 Å². The number of rotatable bonds is 3. The number of fused-ring (bicyclic) bond motifs is 1. The van der Waals surface area contributed by atoms with Crippen molar-refractivity contribution >= 4 is 51.4 Å². The molecule has 0 aliphatic heterocycles. The van der Waals surface area contributed by atoms with Crippen LogP contribution in [0.1, 0.15) is 21.5 Å². The normalized spacial score (nSPS) is 11.5. The van der Waals surface area contributed by atoms with E-state index in [1.54, 1.807) is 18.2 Å². The smallest absolute Gasteiger partial charge is 0.216 e. The van der Waals surface area contributed by atoms with Crippen LogP contribution in [0.5, 0.6) is 0 Å². The van der Waals surface area contributed by atoms with E-state index in [-0.39, 0.29) is 5.78 Å². The zero-order chi connectivity index (χ0) is 19.7. The average Bonchev–Trinajstić information content (AvgIpc) is 2.72. The standard InChI is InChI=1S/C24H15Cl3O/c25-24(26,27)22-14-13-18(15-21(22)23(28)17-8-2-1-3-9-17)20-12-6-10-16-7-4-5-11-19(16)20/h1-15H. The monoisotopic (exact) mass is 424 g/mol. The summed E-state index contributed by atoms with van der Waals surface area (Å²) in [5.74, 6) is -0.177. The second-order valence-electron chi connectivity index (χ2n) is 6.48. The lowest BCUT2D eigenvalue weighted by Gasteiger charge is -2.18. The molecule has 0 amide bonds. The minimum Gasteiger partial charge on any atom is -0.289 e. The van der Waals surface area contributed by atoms with Crippen molar-refractivity contribution in [3.8, 4) is 11.1 Å². The molecule has 0 saturated heterocycles. The van der Waals surface area contributed by atoms with E-state index in [4.69, 9.17) is 34.8 Å². The molecule has 0 atom stereocenters. The molecule has 4 aromatic rings. The summed E-state index contributed by atoms with van der Waals surface area (Å²) in [5.41, 5.74) is 3.23. The molecule has 28 heavy (non-hydrogen) atoms. The predicted octanol–water partition coefficient (Wildman–Crippen LogP) is 7.56. The van der Waals surface area contributed by atoms with Crippen molar-refractivity contribution in [2.45, 2.75) is 3.79 Å². The fourth-order valence-corrected chi connectivity index (χ4v) is 3.86. The highest BCUT2D eigenvalue weighted by Crippen LogP contribution is 2.42. The molecular weight excluding hydrogens is 411 g/mol. The van der Waals surface area contributed by atoms with E-state index in [1.165, 1.54) is 0 Å². The van der Waals surface area contributed by atoms with Crippen LogP contribution in [0.3, 0.4) is 0 Å². The zero-order valence-electron chi connectivity index (χ0n) is 14.7. The van der Waals surface area contributed by atoms with E-state index in [0.29, 0.717) is 16.7 Å². The SMILES string of the molecule is O=C(c1ccccc1)c1cc(-c2cccc3ccccc23)ccc1C(Cl)(Cl)Cl. The topological polar surface area (TPSA) is 17.1 Å². The summed E-state index contributed by atoms with van der Waals surface area (Å²) < 4.78 is -1.70. The molecule has 0 radical (unpaired) electrons. The molecule has 0 unspecified atom stereocenters. The van der Waals surface area contributed by atoms with Gasteiger partial charge < -0.3 is 0 Å². The number of carbonyl (C=O) groups is 1. The van der Waals surface area contributed by atoms with Crippen molar-refractivity contribution in [3.63, 3.8) is 0 Å². The molecule has 4 rings (SSSR count). The fourth-order valence-electron chi connectivity index (χ4n) is 3.37. The Balaban J connectivity index is 1.93. The first kappa shape index (κ1) is 19.0. The van der Waals surface area contributed by atoms with Crippen molar-refractivity contribution in [3.05, 3.63) is 108 Å². The fraction of sp³-hybridized carbons (Fsp3) is 0.0417. The first-order valence-corrected chi connectivity index (χ1v) is 9.88. The van der Waals surface area contributed by atoms with Gasteiger partial charge in [0.1, 0.15) is 0 Å². The quantitative estimate of drug-likeness (QED) is 0.244. The molecule has 4 heteroatoms. The van der Waals surface area contributed by atoms with Crippen molar-refractivity contribution < 1.29 is 4.79 Å². The van der Waals surface area contributed by atoms with Gasteiger partial charge in [0, 0.05) is 16.7 Å². The van der Waals surface area contributed by atoms with Gasteiger partial charge in [-0.25, -0.2) is 0 Å². The molecule has 0 heterocycles. The Morgan fingerprint density at radius 3 is 2.14 bits per heavy atom. The van der Waals surface area contributed by atoms with Crippen LogP contribution in [0, 0.1) is 0 Å². The summed E-state index contributed by atoms with van der Waals surface area (Å²) in [7, 11) is 0. The molecule has 0 aliphatic carbocycles. The second kappa shape index (κ2) is 7.60.